The van der Waals surface area contributed by atoms with Gasteiger partial charge < -0.3 is 19.9 Å². The first-order valence-corrected chi connectivity index (χ1v) is 12.0. The van der Waals surface area contributed by atoms with Crippen LogP contribution in [0.25, 0.3) is 0 Å². The number of nitrogens with one attached hydrogen (secondary N) is 1. The Labute approximate surface area is 183 Å². The Hall–Kier alpha value is -1.34. The van der Waals surface area contributed by atoms with E-state index in [4.69, 9.17) is 4.74 Å². The number of carbonyl (C=O) groups excluding carboxylic acids is 1. The highest BCUT2D eigenvalue weighted by Crippen LogP contribution is 2.48. The van der Waals surface area contributed by atoms with Crippen LogP contribution in [0.15, 0.2) is 4.99 Å². The third kappa shape index (κ3) is 6.58. The third-order valence-corrected chi connectivity index (χ3v) is 7.02. The summed E-state index contributed by atoms with van der Waals surface area (Å²) in [5.74, 6) is 2.54. The molecule has 0 radical (unpaired) electrons. The van der Waals surface area contributed by atoms with Crippen molar-refractivity contribution in [2.75, 3.05) is 72.6 Å². The van der Waals surface area contributed by atoms with E-state index >= 15 is 0 Å². The van der Waals surface area contributed by atoms with E-state index in [1.54, 1.807) is 0 Å². The second kappa shape index (κ2) is 10.8. The molecule has 1 amide bonds. The first-order chi connectivity index (χ1) is 14.4. The number of hydrogen-bond acceptors (Lipinski definition) is 4. The molecule has 0 spiro atoms. The normalized spacial score (nSPS) is 27.3. The molecule has 0 aromatic heterocycles. The molecule has 1 saturated carbocycles. The van der Waals surface area contributed by atoms with Gasteiger partial charge in [0.05, 0.1) is 6.54 Å². The predicted molar refractivity (Wildman–Crippen MR) is 122 cm³/mol. The van der Waals surface area contributed by atoms with Crippen LogP contribution < -0.4 is 5.32 Å². The van der Waals surface area contributed by atoms with E-state index in [-0.39, 0.29) is 0 Å². The van der Waals surface area contributed by atoms with Crippen LogP contribution in [0.5, 0.6) is 0 Å². The van der Waals surface area contributed by atoms with Gasteiger partial charge in [0.2, 0.25) is 5.91 Å². The molecule has 172 valence electrons. The van der Waals surface area contributed by atoms with Gasteiger partial charge >= 0.3 is 0 Å². The summed E-state index contributed by atoms with van der Waals surface area (Å²) in [5, 5.41) is 3.61. The molecule has 0 aromatic carbocycles. The van der Waals surface area contributed by atoms with Gasteiger partial charge in [0.1, 0.15) is 0 Å². The zero-order valence-corrected chi connectivity index (χ0v) is 19.7. The fraction of sp³-hybridized carbons (Fsp3) is 0.913. The van der Waals surface area contributed by atoms with E-state index in [9.17, 15) is 4.79 Å². The zero-order chi connectivity index (χ0) is 21.6. The highest BCUT2D eigenvalue weighted by Gasteiger charge is 2.42. The second-order valence-corrected chi connectivity index (χ2v) is 9.86. The molecule has 7 heteroatoms. The van der Waals surface area contributed by atoms with Crippen LogP contribution in [0.4, 0.5) is 0 Å². The molecule has 2 atom stereocenters. The van der Waals surface area contributed by atoms with Crippen molar-refractivity contribution in [2.24, 2.45) is 22.2 Å². The van der Waals surface area contributed by atoms with E-state index in [0.717, 1.165) is 71.4 Å². The van der Waals surface area contributed by atoms with Crippen LogP contribution in [0.3, 0.4) is 0 Å². The van der Waals surface area contributed by atoms with Crippen LogP contribution in [0.2, 0.25) is 0 Å². The number of guanidine groups is 1. The van der Waals surface area contributed by atoms with Crippen molar-refractivity contribution in [3.8, 4) is 0 Å². The van der Waals surface area contributed by atoms with Crippen molar-refractivity contribution in [1.82, 2.24) is 20.0 Å². The highest BCUT2D eigenvalue weighted by molar-refractivity contribution is 5.80. The smallest absolute Gasteiger partial charge is 0.236 e. The van der Waals surface area contributed by atoms with Crippen molar-refractivity contribution < 1.29 is 9.53 Å². The summed E-state index contributed by atoms with van der Waals surface area (Å²) in [5.41, 5.74) is 0.405. The summed E-state index contributed by atoms with van der Waals surface area (Å²) in [7, 11) is 1.87. The number of amides is 1. The number of aliphatic imine (C=N–C) groups is 1. The second-order valence-electron chi connectivity index (χ2n) is 9.86. The van der Waals surface area contributed by atoms with E-state index in [1.807, 2.05) is 7.05 Å². The van der Waals surface area contributed by atoms with Crippen molar-refractivity contribution in [3.63, 3.8) is 0 Å². The average molecular weight is 422 g/mol. The van der Waals surface area contributed by atoms with E-state index in [1.165, 1.54) is 19.3 Å². The summed E-state index contributed by atoms with van der Waals surface area (Å²) in [6.07, 6.45) is 4.94. The zero-order valence-electron chi connectivity index (χ0n) is 19.7. The molecule has 0 bridgehead atoms. The van der Waals surface area contributed by atoms with Gasteiger partial charge in [0, 0.05) is 66.1 Å². The molecular weight excluding hydrogens is 378 g/mol. The Bertz CT molecular complexity index is 574. The summed E-state index contributed by atoms with van der Waals surface area (Å²) < 4.78 is 5.55. The largest absolute Gasteiger partial charge is 0.382 e. The number of carbonyl (C=O) groups is 1. The van der Waals surface area contributed by atoms with Crippen LogP contribution in [-0.4, -0.2) is 99.2 Å². The summed E-state index contributed by atoms with van der Waals surface area (Å²) in [6, 6.07) is 0. The molecular formula is C23H43N5O2. The van der Waals surface area contributed by atoms with Crippen molar-refractivity contribution >= 4 is 11.9 Å². The third-order valence-electron chi connectivity index (χ3n) is 7.02. The molecule has 2 saturated heterocycles. The lowest BCUT2D eigenvalue weighted by Crippen LogP contribution is -2.55. The molecule has 7 nitrogen and oxygen atoms in total. The predicted octanol–water partition coefficient (Wildman–Crippen LogP) is 1.89. The number of piperidine rings is 1. The number of ether oxygens (including phenoxy) is 1. The van der Waals surface area contributed by atoms with Crippen LogP contribution in [-0.2, 0) is 9.53 Å². The van der Waals surface area contributed by atoms with Gasteiger partial charge in [-0.3, -0.25) is 14.7 Å². The van der Waals surface area contributed by atoms with Gasteiger partial charge in [-0.15, -0.1) is 0 Å². The van der Waals surface area contributed by atoms with Crippen molar-refractivity contribution in [1.29, 1.82) is 0 Å². The molecule has 0 aromatic rings. The summed E-state index contributed by atoms with van der Waals surface area (Å²) in [6.45, 7) is 15.3. The van der Waals surface area contributed by atoms with Gasteiger partial charge in [-0.25, -0.2) is 0 Å². The minimum absolute atomic E-state index is 0.300. The van der Waals surface area contributed by atoms with E-state index < -0.39 is 0 Å². The number of likely N-dealkylation sites (tertiary alicyclic amines) is 1. The first kappa shape index (κ1) is 23.3. The van der Waals surface area contributed by atoms with E-state index in [0.29, 0.717) is 29.7 Å². The molecule has 2 heterocycles. The van der Waals surface area contributed by atoms with Crippen molar-refractivity contribution in [2.45, 2.75) is 46.5 Å². The fourth-order valence-corrected chi connectivity index (χ4v) is 5.00. The molecule has 3 fully saturated rings. The number of nitrogens with zero attached hydrogens (tertiary/aromatic N) is 4. The Morgan fingerprint density at radius 1 is 1.10 bits per heavy atom. The monoisotopic (exact) mass is 421 g/mol. The Morgan fingerprint density at radius 2 is 1.77 bits per heavy atom. The Morgan fingerprint density at radius 3 is 2.33 bits per heavy atom. The van der Waals surface area contributed by atoms with Gasteiger partial charge in [-0.2, -0.15) is 0 Å². The molecule has 1 N–H and O–H groups in total. The van der Waals surface area contributed by atoms with E-state index in [2.05, 4.69) is 45.8 Å². The maximum atomic E-state index is 12.8. The topological polar surface area (TPSA) is 60.4 Å². The highest BCUT2D eigenvalue weighted by atomic mass is 16.5. The summed E-state index contributed by atoms with van der Waals surface area (Å²) in [4.78, 5) is 24.0. The number of piperazine rings is 1. The maximum absolute atomic E-state index is 12.8. The maximum Gasteiger partial charge on any atom is 0.236 e. The van der Waals surface area contributed by atoms with Crippen LogP contribution >= 0.6 is 0 Å². The average Bonchev–Trinajstić information content (AvgIpc) is 3.49. The lowest BCUT2D eigenvalue weighted by molar-refractivity contribution is -0.135. The molecule has 2 aliphatic heterocycles. The first-order valence-electron chi connectivity index (χ1n) is 12.0. The Kier molecular flexibility index (Phi) is 8.40. The van der Waals surface area contributed by atoms with Crippen LogP contribution in [0.1, 0.15) is 46.5 Å². The van der Waals surface area contributed by atoms with Gasteiger partial charge in [0.15, 0.2) is 5.96 Å². The lowest BCUT2D eigenvalue weighted by Gasteiger charge is -2.39. The molecule has 3 aliphatic rings. The van der Waals surface area contributed by atoms with Gasteiger partial charge in [-0.05, 0) is 49.9 Å². The van der Waals surface area contributed by atoms with Gasteiger partial charge in [-0.1, -0.05) is 13.8 Å². The Balaban J connectivity index is 1.39. The minimum atomic E-state index is 0.300. The van der Waals surface area contributed by atoms with Crippen molar-refractivity contribution in [3.05, 3.63) is 0 Å². The SMILES string of the molecule is CCOCCC1(CNC(=NC)N2CCN(CC(=O)N3CC(C)CC(C)C3)CC2)CC1. The van der Waals surface area contributed by atoms with Gasteiger partial charge in [0.25, 0.3) is 0 Å². The quantitative estimate of drug-likeness (QED) is 0.368. The molecule has 30 heavy (non-hydrogen) atoms. The summed E-state index contributed by atoms with van der Waals surface area (Å²) >= 11 is 0. The minimum Gasteiger partial charge on any atom is -0.382 e. The molecule has 1 aliphatic carbocycles. The number of hydrogen-bond donors (Lipinski definition) is 1. The number of rotatable bonds is 8. The standard InChI is InChI=1S/C23H43N5O2/c1-5-30-13-8-23(6-7-23)18-25-22(24-4)27-11-9-26(10-12-27)17-21(29)28-15-19(2)14-20(3)16-28/h19-20H,5-18H2,1-4H3,(H,24,25). The van der Waals surface area contributed by atoms with Crippen LogP contribution in [0, 0.1) is 17.3 Å². The lowest BCUT2D eigenvalue weighted by atomic mass is 9.92. The molecule has 3 rings (SSSR count). The fourth-order valence-electron chi connectivity index (χ4n) is 5.00. The molecule has 2 unspecified atom stereocenters.